The number of benzene rings is 1. The Morgan fingerprint density at radius 1 is 1.12 bits per heavy atom. The summed E-state index contributed by atoms with van der Waals surface area (Å²) in [5.41, 5.74) is 1.13. The number of nitrogens with one attached hydrogen (secondary N) is 1. The molecule has 0 spiro atoms. The Labute approximate surface area is 141 Å². The molecule has 0 aliphatic heterocycles. The molecule has 0 heterocycles. The molecule has 0 aliphatic carbocycles. The summed E-state index contributed by atoms with van der Waals surface area (Å²) in [5.74, 6) is -0.575. The van der Waals surface area contributed by atoms with Crippen LogP contribution in [-0.4, -0.2) is 43.0 Å². The third-order valence-corrected chi connectivity index (χ3v) is 3.18. The number of nitriles is 2. The molecule has 1 amide bonds. The van der Waals surface area contributed by atoms with Crippen molar-refractivity contribution in [3.05, 3.63) is 29.8 Å². The number of carbonyl (C=O) groups excluding carboxylic acids is 2. The van der Waals surface area contributed by atoms with Crippen LogP contribution in [0.3, 0.4) is 0 Å². The molecule has 0 radical (unpaired) electrons. The molecule has 0 saturated heterocycles. The second-order valence-electron chi connectivity index (χ2n) is 4.85. The highest BCUT2D eigenvalue weighted by molar-refractivity contribution is 5.90. The van der Waals surface area contributed by atoms with Gasteiger partial charge in [-0.15, -0.1) is 0 Å². The van der Waals surface area contributed by atoms with Crippen molar-refractivity contribution in [2.24, 2.45) is 0 Å². The van der Waals surface area contributed by atoms with Gasteiger partial charge in [0.05, 0.1) is 43.7 Å². The van der Waals surface area contributed by atoms with Crippen LogP contribution in [0.15, 0.2) is 24.3 Å². The van der Waals surface area contributed by atoms with Gasteiger partial charge in [0, 0.05) is 18.8 Å². The number of hydrogen-bond acceptors (Lipinski definition) is 6. The fraction of sp³-hybridized carbons (Fsp3) is 0.412. The molecule has 0 bridgehead atoms. The van der Waals surface area contributed by atoms with Gasteiger partial charge in [0.2, 0.25) is 5.91 Å². The van der Waals surface area contributed by atoms with Gasteiger partial charge in [-0.3, -0.25) is 4.79 Å². The van der Waals surface area contributed by atoms with Crippen molar-refractivity contribution in [1.29, 1.82) is 10.5 Å². The van der Waals surface area contributed by atoms with E-state index in [9.17, 15) is 9.59 Å². The van der Waals surface area contributed by atoms with E-state index in [0.717, 1.165) is 0 Å². The molecule has 0 fully saturated rings. The molecule has 0 atom stereocenters. The molecular formula is C17H20N4O3. The highest BCUT2D eigenvalue weighted by Crippen LogP contribution is 2.10. The summed E-state index contributed by atoms with van der Waals surface area (Å²) in [5, 5.41) is 20.2. The zero-order valence-corrected chi connectivity index (χ0v) is 13.6. The normalized spacial score (nSPS) is 9.46. The van der Waals surface area contributed by atoms with E-state index in [2.05, 4.69) is 5.32 Å². The first kappa shape index (κ1) is 19.0. The Hall–Kier alpha value is -3.06. The van der Waals surface area contributed by atoms with Crippen LogP contribution in [-0.2, 0) is 9.53 Å². The third kappa shape index (κ3) is 6.37. The molecule has 7 nitrogen and oxygen atoms in total. The number of hydrogen-bond donors (Lipinski definition) is 1. The van der Waals surface area contributed by atoms with Crippen molar-refractivity contribution < 1.29 is 14.3 Å². The van der Waals surface area contributed by atoms with E-state index in [1.807, 2.05) is 12.1 Å². The minimum Gasteiger partial charge on any atom is -0.462 e. The predicted octanol–water partition coefficient (Wildman–Crippen LogP) is 1.93. The largest absolute Gasteiger partial charge is 0.462 e. The van der Waals surface area contributed by atoms with Crippen LogP contribution in [0, 0.1) is 22.7 Å². The Kier molecular flexibility index (Phi) is 8.41. The van der Waals surface area contributed by atoms with Crippen LogP contribution in [0.1, 0.15) is 30.1 Å². The molecule has 1 rings (SSSR count). The standard InChI is InChI=1S/C17H20N4O3/c1-2-24-17(23)14-5-7-15(8-6-14)20-13-16(22)21(11-3-9-18)12-4-10-19/h5-8,20H,2-4,11-13H2,1H3. The average Bonchev–Trinajstić information content (AvgIpc) is 2.60. The molecule has 0 saturated carbocycles. The Balaban J connectivity index is 2.56. The molecular weight excluding hydrogens is 308 g/mol. The summed E-state index contributed by atoms with van der Waals surface area (Å²) < 4.78 is 4.90. The lowest BCUT2D eigenvalue weighted by molar-refractivity contribution is -0.129. The van der Waals surface area contributed by atoms with Gasteiger partial charge in [-0.05, 0) is 31.2 Å². The Bertz CT molecular complexity index is 611. The molecule has 1 N–H and O–H groups in total. The molecule has 0 unspecified atom stereocenters. The average molecular weight is 328 g/mol. The minimum absolute atomic E-state index is 0.0512. The molecule has 0 aliphatic rings. The highest BCUT2D eigenvalue weighted by Gasteiger charge is 2.13. The lowest BCUT2D eigenvalue weighted by Crippen LogP contribution is -2.36. The van der Waals surface area contributed by atoms with Crippen LogP contribution in [0.5, 0.6) is 0 Å². The molecule has 126 valence electrons. The number of rotatable bonds is 9. The summed E-state index contributed by atoms with van der Waals surface area (Å²) in [6.45, 7) is 2.72. The lowest BCUT2D eigenvalue weighted by atomic mass is 10.2. The van der Waals surface area contributed by atoms with E-state index >= 15 is 0 Å². The van der Waals surface area contributed by atoms with Crippen molar-refractivity contribution >= 4 is 17.6 Å². The smallest absolute Gasteiger partial charge is 0.338 e. The van der Waals surface area contributed by atoms with E-state index in [4.69, 9.17) is 15.3 Å². The topological polar surface area (TPSA) is 106 Å². The first-order valence-corrected chi connectivity index (χ1v) is 7.65. The zero-order valence-electron chi connectivity index (χ0n) is 13.6. The predicted molar refractivity (Wildman–Crippen MR) is 87.9 cm³/mol. The maximum Gasteiger partial charge on any atom is 0.338 e. The van der Waals surface area contributed by atoms with Crippen molar-refractivity contribution in [2.75, 3.05) is 31.6 Å². The highest BCUT2D eigenvalue weighted by atomic mass is 16.5. The third-order valence-electron chi connectivity index (χ3n) is 3.18. The van der Waals surface area contributed by atoms with Crippen LogP contribution >= 0.6 is 0 Å². The summed E-state index contributed by atoms with van der Waals surface area (Å²) in [4.78, 5) is 25.2. The van der Waals surface area contributed by atoms with E-state index in [1.54, 1.807) is 31.2 Å². The summed E-state index contributed by atoms with van der Waals surface area (Å²) in [7, 11) is 0. The van der Waals surface area contributed by atoms with E-state index in [1.165, 1.54) is 4.90 Å². The van der Waals surface area contributed by atoms with Crippen molar-refractivity contribution in [3.63, 3.8) is 0 Å². The summed E-state index contributed by atoms with van der Waals surface area (Å²) >= 11 is 0. The monoisotopic (exact) mass is 328 g/mol. The number of ether oxygens (including phenoxy) is 1. The van der Waals surface area contributed by atoms with Gasteiger partial charge in [0.15, 0.2) is 0 Å². The SMILES string of the molecule is CCOC(=O)c1ccc(NCC(=O)N(CCC#N)CCC#N)cc1. The first-order chi connectivity index (χ1) is 11.6. The molecule has 1 aromatic carbocycles. The quantitative estimate of drug-likeness (QED) is 0.694. The Morgan fingerprint density at radius 2 is 1.71 bits per heavy atom. The lowest BCUT2D eigenvalue weighted by Gasteiger charge is -2.20. The van der Waals surface area contributed by atoms with Gasteiger partial charge >= 0.3 is 5.97 Å². The second-order valence-corrected chi connectivity index (χ2v) is 4.85. The second kappa shape index (κ2) is 10.6. The fourth-order valence-electron chi connectivity index (χ4n) is 1.96. The maximum atomic E-state index is 12.2. The van der Waals surface area contributed by atoms with Gasteiger partial charge < -0.3 is 15.0 Å². The van der Waals surface area contributed by atoms with Gasteiger partial charge in [-0.2, -0.15) is 10.5 Å². The molecule has 1 aromatic rings. The number of amides is 1. The zero-order chi connectivity index (χ0) is 17.8. The van der Waals surface area contributed by atoms with E-state index in [0.29, 0.717) is 30.9 Å². The van der Waals surface area contributed by atoms with E-state index < -0.39 is 0 Å². The van der Waals surface area contributed by atoms with Crippen LogP contribution in [0.4, 0.5) is 5.69 Å². The number of carbonyl (C=O) groups is 2. The summed E-state index contributed by atoms with van der Waals surface area (Å²) in [6.07, 6.45) is 0.455. The maximum absolute atomic E-state index is 12.2. The van der Waals surface area contributed by atoms with Crippen molar-refractivity contribution in [2.45, 2.75) is 19.8 Å². The number of esters is 1. The Morgan fingerprint density at radius 3 is 2.21 bits per heavy atom. The van der Waals surface area contributed by atoms with E-state index in [-0.39, 0.29) is 31.3 Å². The van der Waals surface area contributed by atoms with Gasteiger partial charge in [-0.1, -0.05) is 0 Å². The first-order valence-electron chi connectivity index (χ1n) is 7.65. The summed E-state index contributed by atoms with van der Waals surface area (Å²) in [6, 6.07) is 10.6. The fourth-order valence-corrected chi connectivity index (χ4v) is 1.96. The van der Waals surface area contributed by atoms with Gasteiger partial charge in [0.25, 0.3) is 0 Å². The number of anilines is 1. The molecule has 24 heavy (non-hydrogen) atoms. The minimum atomic E-state index is -0.390. The molecule has 7 heteroatoms. The number of nitrogens with zero attached hydrogens (tertiary/aromatic N) is 3. The van der Waals surface area contributed by atoms with Crippen LogP contribution < -0.4 is 5.32 Å². The van der Waals surface area contributed by atoms with Gasteiger partial charge in [0.1, 0.15) is 0 Å². The van der Waals surface area contributed by atoms with Crippen LogP contribution in [0.2, 0.25) is 0 Å². The van der Waals surface area contributed by atoms with Gasteiger partial charge in [-0.25, -0.2) is 4.79 Å². The van der Waals surface area contributed by atoms with Crippen molar-refractivity contribution in [3.8, 4) is 12.1 Å². The van der Waals surface area contributed by atoms with Crippen LogP contribution in [0.25, 0.3) is 0 Å². The van der Waals surface area contributed by atoms with Crippen molar-refractivity contribution in [1.82, 2.24) is 4.90 Å². The molecule has 0 aromatic heterocycles.